The summed E-state index contributed by atoms with van der Waals surface area (Å²) in [7, 11) is 0. The zero-order valence-corrected chi connectivity index (χ0v) is 10.5. The quantitative estimate of drug-likeness (QED) is 0.201. The van der Waals surface area contributed by atoms with Crippen molar-refractivity contribution < 1.29 is 19.3 Å². The second-order valence-electron chi connectivity index (χ2n) is 4.09. The number of carbonyl (C=O) groups is 1. The monoisotopic (exact) mass is 230 g/mol. The van der Waals surface area contributed by atoms with E-state index < -0.39 is 5.41 Å². The van der Waals surface area contributed by atoms with Crippen LogP contribution >= 0.6 is 0 Å². The van der Waals surface area contributed by atoms with Crippen LogP contribution in [0, 0.1) is 5.41 Å². The molecule has 0 amide bonds. The molecule has 0 bridgehead atoms. The molecule has 0 aliphatic carbocycles. The van der Waals surface area contributed by atoms with E-state index in [0.29, 0.717) is 6.61 Å². The van der Waals surface area contributed by atoms with Gasteiger partial charge in [0.25, 0.3) is 0 Å². The highest BCUT2D eigenvalue weighted by atomic mass is 17.2. The lowest BCUT2D eigenvalue weighted by Crippen LogP contribution is -2.27. The fourth-order valence-electron chi connectivity index (χ4n) is 0.757. The lowest BCUT2D eigenvalue weighted by Gasteiger charge is -2.19. The summed E-state index contributed by atoms with van der Waals surface area (Å²) in [6.07, 6.45) is 3.23. The third-order valence-corrected chi connectivity index (χ3v) is 2.32. The highest BCUT2D eigenvalue weighted by Gasteiger charge is 2.26. The van der Waals surface area contributed by atoms with Gasteiger partial charge in [0.15, 0.2) is 0 Å². The Labute approximate surface area is 97.5 Å². The number of hydrogen-bond donors (Lipinski definition) is 0. The first-order valence-electron chi connectivity index (χ1n) is 5.57. The van der Waals surface area contributed by atoms with Gasteiger partial charge in [-0.1, -0.05) is 13.0 Å². The number of esters is 1. The van der Waals surface area contributed by atoms with Crippen molar-refractivity contribution in [1.82, 2.24) is 0 Å². The molecule has 0 atom stereocenters. The van der Waals surface area contributed by atoms with E-state index in [1.54, 1.807) is 6.08 Å². The van der Waals surface area contributed by atoms with Crippen molar-refractivity contribution in [3.8, 4) is 0 Å². The Morgan fingerprint density at radius 2 is 1.88 bits per heavy atom. The Kier molecular flexibility index (Phi) is 7.85. The van der Waals surface area contributed by atoms with Gasteiger partial charge in [0.05, 0.1) is 12.0 Å². The largest absolute Gasteiger partial charge is 0.463 e. The molecular weight excluding hydrogens is 208 g/mol. The molecule has 0 aliphatic heterocycles. The van der Waals surface area contributed by atoms with Crippen molar-refractivity contribution in [1.29, 1.82) is 0 Å². The fraction of sp³-hybridized carbons (Fsp3) is 0.750. The molecular formula is C12H22O4. The van der Waals surface area contributed by atoms with E-state index in [1.807, 2.05) is 20.8 Å². The van der Waals surface area contributed by atoms with Gasteiger partial charge in [-0.15, -0.1) is 6.58 Å². The van der Waals surface area contributed by atoms with Gasteiger partial charge in [-0.25, -0.2) is 9.78 Å². The van der Waals surface area contributed by atoms with Gasteiger partial charge in [0.2, 0.25) is 0 Å². The van der Waals surface area contributed by atoms with Gasteiger partial charge >= 0.3 is 5.97 Å². The normalized spacial score (nSPS) is 11.2. The maximum atomic E-state index is 11.5. The number of rotatable bonds is 9. The molecule has 0 N–H and O–H groups in total. The van der Waals surface area contributed by atoms with Crippen LogP contribution in [0.5, 0.6) is 0 Å². The summed E-state index contributed by atoms with van der Waals surface area (Å²) in [4.78, 5) is 21.1. The molecule has 0 radical (unpaired) electrons. The summed E-state index contributed by atoms with van der Waals surface area (Å²) >= 11 is 0. The molecule has 0 rings (SSSR count). The van der Waals surface area contributed by atoms with E-state index in [9.17, 15) is 4.79 Å². The predicted molar refractivity (Wildman–Crippen MR) is 61.7 cm³/mol. The third kappa shape index (κ3) is 6.58. The molecule has 0 spiro atoms. The molecule has 0 fully saturated rings. The lowest BCUT2D eigenvalue weighted by atomic mass is 9.91. The molecule has 0 heterocycles. The van der Waals surface area contributed by atoms with Crippen LogP contribution in [-0.4, -0.2) is 25.8 Å². The van der Waals surface area contributed by atoms with Gasteiger partial charge in [-0.2, -0.15) is 0 Å². The summed E-state index contributed by atoms with van der Waals surface area (Å²) in [6, 6.07) is 0. The van der Waals surface area contributed by atoms with Gasteiger partial charge in [-0.05, 0) is 26.7 Å². The van der Waals surface area contributed by atoms with Gasteiger partial charge < -0.3 is 4.74 Å². The molecule has 4 heteroatoms. The average molecular weight is 230 g/mol. The summed E-state index contributed by atoms with van der Waals surface area (Å²) < 4.78 is 5.04. The summed E-state index contributed by atoms with van der Waals surface area (Å²) in [5.74, 6) is -0.204. The van der Waals surface area contributed by atoms with Crippen molar-refractivity contribution in [2.45, 2.75) is 33.6 Å². The predicted octanol–water partition coefficient (Wildman–Crippen LogP) is 2.49. The Morgan fingerprint density at radius 3 is 2.44 bits per heavy atom. The van der Waals surface area contributed by atoms with Crippen LogP contribution < -0.4 is 0 Å². The third-order valence-electron chi connectivity index (χ3n) is 2.32. The second-order valence-corrected chi connectivity index (χ2v) is 4.09. The summed E-state index contributed by atoms with van der Waals surface area (Å²) in [5, 5.41) is 0. The number of hydrogen-bond acceptors (Lipinski definition) is 4. The molecule has 0 aromatic heterocycles. The Hall–Kier alpha value is -0.870. The topological polar surface area (TPSA) is 44.8 Å². The first-order chi connectivity index (χ1) is 7.54. The number of carbonyl (C=O) groups excluding carboxylic acids is 1. The van der Waals surface area contributed by atoms with Crippen LogP contribution in [-0.2, 0) is 19.3 Å². The standard InChI is InChI=1S/C12H22O4/c1-5-7-8-15-16-10-9-14-11(13)12(3,4)6-2/h5H,1,6-10H2,2-4H3. The van der Waals surface area contributed by atoms with Crippen LogP contribution in [0.15, 0.2) is 12.7 Å². The van der Waals surface area contributed by atoms with Gasteiger partial charge in [0, 0.05) is 0 Å². The molecule has 0 aliphatic rings. The summed E-state index contributed by atoms with van der Waals surface area (Å²) in [5.41, 5.74) is -0.427. The Balaban J connectivity index is 3.45. The minimum atomic E-state index is -0.427. The van der Waals surface area contributed by atoms with Gasteiger partial charge in [0.1, 0.15) is 13.2 Å². The maximum absolute atomic E-state index is 11.5. The smallest absolute Gasteiger partial charge is 0.311 e. The van der Waals surface area contributed by atoms with E-state index >= 15 is 0 Å². The molecule has 0 aromatic rings. The molecule has 0 saturated carbocycles. The molecule has 0 saturated heterocycles. The molecule has 0 unspecified atom stereocenters. The fourth-order valence-corrected chi connectivity index (χ4v) is 0.757. The van der Waals surface area contributed by atoms with Crippen LogP contribution in [0.25, 0.3) is 0 Å². The molecule has 4 nitrogen and oxygen atoms in total. The van der Waals surface area contributed by atoms with Crippen molar-refractivity contribution in [3.63, 3.8) is 0 Å². The van der Waals surface area contributed by atoms with Crippen molar-refractivity contribution in [2.75, 3.05) is 19.8 Å². The van der Waals surface area contributed by atoms with Crippen LogP contribution in [0.1, 0.15) is 33.6 Å². The van der Waals surface area contributed by atoms with Crippen molar-refractivity contribution >= 4 is 5.97 Å². The van der Waals surface area contributed by atoms with Crippen molar-refractivity contribution in [2.24, 2.45) is 5.41 Å². The zero-order chi connectivity index (χ0) is 12.4. The average Bonchev–Trinajstić information content (AvgIpc) is 2.27. The van der Waals surface area contributed by atoms with E-state index in [1.165, 1.54) is 0 Å². The minimum Gasteiger partial charge on any atom is -0.463 e. The second kappa shape index (κ2) is 8.30. The Bertz CT molecular complexity index is 211. The van der Waals surface area contributed by atoms with Crippen LogP contribution in [0.2, 0.25) is 0 Å². The highest BCUT2D eigenvalue weighted by Crippen LogP contribution is 2.21. The van der Waals surface area contributed by atoms with Gasteiger partial charge in [-0.3, -0.25) is 4.79 Å². The highest BCUT2D eigenvalue weighted by molar-refractivity contribution is 5.75. The molecule has 16 heavy (non-hydrogen) atoms. The first kappa shape index (κ1) is 15.1. The van der Waals surface area contributed by atoms with Crippen LogP contribution in [0.4, 0.5) is 0 Å². The minimum absolute atomic E-state index is 0.204. The van der Waals surface area contributed by atoms with E-state index in [4.69, 9.17) is 14.5 Å². The number of ether oxygens (including phenoxy) is 1. The summed E-state index contributed by atoms with van der Waals surface area (Å²) in [6.45, 7) is 10.2. The van der Waals surface area contributed by atoms with Crippen molar-refractivity contribution in [3.05, 3.63) is 12.7 Å². The molecule has 94 valence electrons. The van der Waals surface area contributed by atoms with E-state index in [0.717, 1.165) is 12.8 Å². The zero-order valence-electron chi connectivity index (χ0n) is 10.5. The maximum Gasteiger partial charge on any atom is 0.311 e. The first-order valence-corrected chi connectivity index (χ1v) is 5.57. The van der Waals surface area contributed by atoms with E-state index in [-0.39, 0.29) is 19.2 Å². The molecule has 0 aromatic carbocycles. The van der Waals surface area contributed by atoms with Crippen LogP contribution in [0.3, 0.4) is 0 Å². The Morgan fingerprint density at radius 1 is 1.25 bits per heavy atom. The van der Waals surface area contributed by atoms with E-state index in [2.05, 4.69) is 6.58 Å². The SMILES string of the molecule is C=CCCOOCCOC(=O)C(C)(C)CC. The lowest BCUT2D eigenvalue weighted by molar-refractivity contribution is -0.297.